The highest BCUT2D eigenvalue weighted by molar-refractivity contribution is 5.80. The molecule has 0 aliphatic heterocycles. The van der Waals surface area contributed by atoms with Gasteiger partial charge in [-0.1, -0.05) is 6.92 Å². The van der Waals surface area contributed by atoms with Gasteiger partial charge in [0.05, 0.1) is 0 Å². The second kappa shape index (κ2) is 5.12. The van der Waals surface area contributed by atoms with Crippen molar-refractivity contribution in [2.24, 2.45) is 0 Å². The van der Waals surface area contributed by atoms with E-state index in [-0.39, 0.29) is 5.82 Å². The van der Waals surface area contributed by atoms with Crippen LogP contribution in [0.2, 0.25) is 0 Å². The van der Waals surface area contributed by atoms with Crippen LogP contribution in [0, 0.1) is 5.82 Å². The van der Waals surface area contributed by atoms with Gasteiger partial charge in [-0.2, -0.15) is 0 Å². The predicted molar refractivity (Wildman–Crippen MR) is 65.1 cm³/mol. The molecule has 2 rings (SSSR count). The molecule has 2 aromatic rings. The molecule has 0 saturated heterocycles. The molecule has 0 aliphatic carbocycles. The third kappa shape index (κ3) is 2.42. The summed E-state index contributed by atoms with van der Waals surface area (Å²) < 4.78 is 15.1. The number of aromatic nitrogens is 1. The van der Waals surface area contributed by atoms with Crippen LogP contribution in [-0.2, 0) is 6.54 Å². The fraction of sp³-hybridized carbons (Fsp3) is 0.385. The summed E-state index contributed by atoms with van der Waals surface area (Å²) in [4.78, 5) is 0. The van der Waals surface area contributed by atoms with Gasteiger partial charge in [-0.3, -0.25) is 0 Å². The Morgan fingerprint density at radius 1 is 1.25 bits per heavy atom. The first-order valence-electron chi connectivity index (χ1n) is 5.76. The van der Waals surface area contributed by atoms with E-state index in [1.807, 2.05) is 18.3 Å². The normalized spacial score (nSPS) is 11.1. The quantitative estimate of drug-likeness (QED) is 0.767. The van der Waals surface area contributed by atoms with Crippen LogP contribution in [0.1, 0.15) is 13.3 Å². The first-order valence-corrected chi connectivity index (χ1v) is 5.76. The van der Waals surface area contributed by atoms with Crippen LogP contribution >= 0.6 is 0 Å². The van der Waals surface area contributed by atoms with Crippen molar-refractivity contribution in [2.45, 2.75) is 19.9 Å². The third-order valence-electron chi connectivity index (χ3n) is 2.69. The van der Waals surface area contributed by atoms with Crippen molar-refractivity contribution in [1.82, 2.24) is 9.88 Å². The van der Waals surface area contributed by atoms with Gasteiger partial charge in [-0.05, 0) is 37.2 Å². The van der Waals surface area contributed by atoms with Crippen LogP contribution in [-0.4, -0.2) is 17.7 Å². The maximum atomic E-state index is 13.0. The molecule has 3 heteroatoms. The molecule has 0 fully saturated rings. The maximum absolute atomic E-state index is 13.0. The lowest BCUT2D eigenvalue weighted by Crippen LogP contribution is -2.20. The molecule has 0 unspecified atom stereocenters. The number of rotatable bonds is 5. The van der Waals surface area contributed by atoms with Crippen LogP contribution in [0.15, 0.2) is 30.5 Å². The lowest BCUT2D eigenvalue weighted by atomic mass is 10.2. The Morgan fingerprint density at radius 3 is 2.94 bits per heavy atom. The van der Waals surface area contributed by atoms with Crippen molar-refractivity contribution < 1.29 is 4.39 Å². The summed E-state index contributed by atoms with van der Waals surface area (Å²) in [6.07, 6.45) is 3.16. The minimum absolute atomic E-state index is 0.172. The zero-order chi connectivity index (χ0) is 11.4. The molecule has 0 radical (unpaired) electrons. The molecule has 1 aromatic carbocycles. The second-order valence-electron chi connectivity index (χ2n) is 3.96. The first kappa shape index (κ1) is 11.1. The monoisotopic (exact) mass is 220 g/mol. The van der Waals surface area contributed by atoms with Crippen molar-refractivity contribution >= 4 is 10.9 Å². The highest BCUT2D eigenvalue weighted by Crippen LogP contribution is 2.16. The van der Waals surface area contributed by atoms with Gasteiger partial charge in [0.15, 0.2) is 0 Å². The number of benzene rings is 1. The van der Waals surface area contributed by atoms with E-state index >= 15 is 0 Å². The minimum Gasteiger partial charge on any atom is -0.346 e. The molecule has 1 aromatic heterocycles. The minimum atomic E-state index is -0.172. The van der Waals surface area contributed by atoms with Gasteiger partial charge in [0.25, 0.3) is 0 Å². The summed E-state index contributed by atoms with van der Waals surface area (Å²) >= 11 is 0. The zero-order valence-electron chi connectivity index (χ0n) is 9.54. The Labute approximate surface area is 95.1 Å². The number of halogens is 1. The van der Waals surface area contributed by atoms with Crippen molar-refractivity contribution in [1.29, 1.82) is 0 Å². The molecular formula is C13H17FN2. The van der Waals surface area contributed by atoms with Crippen molar-refractivity contribution in [3.8, 4) is 0 Å². The van der Waals surface area contributed by atoms with Gasteiger partial charge in [-0.15, -0.1) is 0 Å². The molecule has 0 saturated carbocycles. The number of hydrogen-bond donors (Lipinski definition) is 1. The molecule has 0 bridgehead atoms. The van der Waals surface area contributed by atoms with E-state index in [0.717, 1.165) is 37.0 Å². The molecule has 1 N–H and O–H groups in total. The summed E-state index contributed by atoms with van der Waals surface area (Å²) in [5.41, 5.74) is 1.10. The summed E-state index contributed by atoms with van der Waals surface area (Å²) in [5, 5.41) is 4.32. The van der Waals surface area contributed by atoms with Gasteiger partial charge >= 0.3 is 0 Å². The van der Waals surface area contributed by atoms with E-state index in [4.69, 9.17) is 0 Å². The van der Waals surface area contributed by atoms with E-state index in [1.165, 1.54) is 6.07 Å². The van der Waals surface area contributed by atoms with Crippen LogP contribution in [0.5, 0.6) is 0 Å². The predicted octanol–water partition coefficient (Wildman–Crippen LogP) is 2.78. The van der Waals surface area contributed by atoms with Crippen molar-refractivity contribution in [3.63, 3.8) is 0 Å². The van der Waals surface area contributed by atoms with E-state index in [2.05, 4.69) is 16.8 Å². The molecule has 0 atom stereocenters. The topological polar surface area (TPSA) is 17.0 Å². The summed E-state index contributed by atoms with van der Waals surface area (Å²) in [6, 6.07) is 6.88. The molecule has 0 aliphatic rings. The van der Waals surface area contributed by atoms with Crippen LogP contribution < -0.4 is 5.32 Å². The van der Waals surface area contributed by atoms with Gasteiger partial charge in [0.2, 0.25) is 0 Å². The molecule has 0 spiro atoms. The Morgan fingerprint density at radius 2 is 2.12 bits per heavy atom. The Hall–Kier alpha value is -1.35. The maximum Gasteiger partial charge on any atom is 0.123 e. The van der Waals surface area contributed by atoms with Gasteiger partial charge in [0, 0.05) is 30.2 Å². The summed E-state index contributed by atoms with van der Waals surface area (Å²) in [5.74, 6) is -0.172. The average Bonchev–Trinajstić information content (AvgIpc) is 2.67. The van der Waals surface area contributed by atoms with Crippen LogP contribution in [0.3, 0.4) is 0 Å². The summed E-state index contributed by atoms with van der Waals surface area (Å²) in [7, 11) is 0. The molecule has 0 amide bonds. The van der Waals surface area contributed by atoms with Crippen LogP contribution in [0.25, 0.3) is 10.9 Å². The van der Waals surface area contributed by atoms with Crippen molar-refractivity contribution in [3.05, 3.63) is 36.3 Å². The Bertz CT molecular complexity index is 462. The van der Waals surface area contributed by atoms with Crippen molar-refractivity contribution in [2.75, 3.05) is 13.1 Å². The fourth-order valence-corrected chi connectivity index (χ4v) is 1.87. The number of nitrogens with one attached hydrogen (secondary N) is 1. The number of fused-ring (bicyclic) bond motifs is 1. The standard InChI is InChI=1S/C13H17FN2/c1-2-6-15-7-9-16-8-5-11-10-12(14)3-4-13(11)16/h3-5,8,10,15H,2,6-7,9H2,1H3. The average molecular weight is 220 g/mol. The Kier molecular flexibility index (Phi) is 3.57. The lowest BCUT2D eigenvalue weighted by molar-refractivity contribution is 0.603. The fourth-order valence-electron chi connectivity index (χ4n) is 1.87. The highest BCUT2D eigenvalue weighted by Gasteiger charge is 2.01. The van der Waals surface area contributed by atoms with E-state index in [1.54, 1.807) is 6.07 Å². The van der Waals surface area contributed by atoms with Gasteiger partial charge in [0.1, 0.15) is 5.82 Å². The largest absolute Gasteiger partial charge is 0.346 e. The van der Waals surface area contributed by atoms with E-state index in [9.17, 15) is 4.39 Å². The zero-order valence-corrected chi connectivity index (χ0v) is 9.54. The van der Waals surface area contributed by atoms with E-state index < -0.39 is 0 Å². The highest BCUT2D eigenvalue weighted by atomic mass is 19.1. The lowest BCUT2D eigenvalue weighted by Gasteiger charge is -2.06. The SMILES string of the molecule is CCCNCCn1ccc2cc(F)ccc21. The number of nitrogens with zero attached hydrogens (tertiary/aromatic N) is 1. The first-order chi connectivity index (χ1) is 7.81. The molecule has 16 heavy (non-hydrogen) atoms. The molecule has 86 valence electrons. The molecule has 2 nitrogen and oxygen atoms in total. The smallest absolute Gasteiger partial charge is 0.123 e. The van der Waals surface area contributed by atoms with Crippen LogP contribution in [0.4, 0.5) is 4.39 Å². The molecular weight excluding hydrogens is 203 g/mol. The number of hydrogen-bond acceptors (Lipinski definition) is 1. The second-order valence-corrected chi connectivity index (χ2v) is 3.96. The molecule has 1 heterocycles. The third-order valence-corrected chi connectivity index (χ3v) is 2.69. The van der Waals surface area contributed by atoms with Gasteiger partial charge < -0.3 is 9.88 Å². The van der Waals surface area contributed by atoms with Gasteiger partial charge in [-0.25, -0.2) is 4.39 Å². The van der Waals surface area contributed by atoms with E-state index in [0.29, 0.717) is 0 Å². The Balaban J connectivity index is 2.07. The summed E-state index contributed by atoms with van der Waals surface area (Å²) in [6.45, 7) is 5.08.